The number of aromatic nitrogens is 6. The molecule has 17 heteroatoms. The van der Waals surface area contributed by atoms with Crippen LogP contribution in [0.3, 0.4) is 0 Å². The van der Waals surface area contributed by atoms with E-state index in [1.165, 1.54) is 11.9 Å². The van der Waals surface area contributed by atoms with Gasteiger partial charge in [0.05, 0.1) is 53.9 Å². The standard InChI is InChI=1S/C38H47N9O8/c1-8-51-36-39-32-17-11-16-31(33(32)46(36)23-27-18-20-28(21-19-27)29-14-9-10-15-30(29)34-40-42-43-41-34)35(48)54-26(3)55-37(49)52-22-12-13-25(2)24-53-44-47(50)45(7)38(4,5)6/h9-11,14-21,25-26H,8,12-13,22-24H2,1-7H3,(H,40,41,42,43)/b47-44-. The minimum Gasteiger partial charge on any atom is -0.569 e. The van der Waals surface area contributed by atoms with Gasteiger partial charge in [0, 0.05) is 12.5 Å². The van der Waals surface area contributed by atoms with Crippen molar-refractivity contribution in [2.75, 3.05) is 26.9 Å². The number of hydrazine groups is 1. The van der Waals surface area contributed by atoms with Crippen molar-refractivity contribution in [2.45, 2.75) is 72.8 Å². The highest BCUT2D eigenvalue weighted by atomic mass is 16.8. The van der Waals surface area contributed by atoms with Gasteiger partial charge in [0.2, 0.25) is 17.4 Å². The molecule has 0 bridgehead atoms. The molecule has 0 saturated heterocycles. The molecule has 0 aliphatic carbocycles. The Morgan fingerprint density at radius 1 is 1.02 bits per heavy atom. The van der Waals surface area contributed by atoms with Gasteiger partial charge in [-0.05, 0) is 80.5 Å². The number of para-hydroxylation sites is 1. The number of hydrogen-bond acceptors (Lipinski definition) is 13. The zero-order chi connectivity index (χ0) is 39.5. The number of nitrogens with zero attached hydrogens (tertiary/aromatic N) is 8. The summed E-state index contributed by atoms with van der Waals surface area (Å²) in [6.45, 7) is 11.9. The number of benzene rings is 3. The van der Waals surface area contributed by atoms with E-state index in [9.17, 15) is 14.8 Å². The van der Waals surface area contributed by atoms with Crippen LogP contribution in [0.2, 0.25) is 0 Å². The number of nitrogens with one attached hydrogen (secondary N) is 1. The van der Waals surface area contributed by atoms with Crippen LogP contribution in [0.1, 0.15) is 70.3 Å². The summed E-state index contributed by atoms with van der Waals surface area (Å²) in [5.74, 6) is -0.174. The molecule has 0 saturated carbocycles. The Balaban J connectivity index is 1.18. The lowest BCUT2D eigenvalue weighted by atomic mass is 9.98. The molecule has 17 nitrogen and oxygen atoms in total. The summed E-state index contributed by atoms with van der Waals surface area (Å²) in [6, 6.07) is 21.2. The Kier molecular flexibility index (Phi) is 13.2. The first-order valence-corrected chi connectivity index (χ1v) is 18.0. The van der Waals surface area contributed by atoms with Crippen LogP contribution in [0.15, 0.2) is 72.0 Å². The van der Waals surface area contributed by atoms with Crippen LogP contribution < -0.4 is 4.74 Å². The molecule has 0 aliphatic heterocycles. The number of hydrogen-bond donors (Lipinski definition) is 1. The van der Waals surface area contributed by atoms with Crippen LogP contribution in [0.5, 0.6) is 6.01 Å². The maximum absolute atomic E-state index is 13.5. The van der Waals surface area contributed by atoms with Crippen LogP contribution in [-0.2, 0) is 25.6 Å². The number of ether oxygens (including phenoxy) is 4. The van der Waals surface area contributed by atoms with Crippen molar-refractivity contribution in [1.29, 1.82) is 0 Å². The third-order valence-corrected chi connectivity index (χ3v) is 8.65. The fourth-order valence-electron chi connectivity index (χ4n) is 5.49. The van der Waals surface area contributed by atoms with Crippen molar-refractivity contribution in [1.82, 2.24) is 35.2 Å². The van der Waals surface area contributed by atoms with Gasteiger partial charge >= 0.3 is 12.1 Å². The largest absolute Gasteiger partial charge is 0.569 e. The fourth-order valence-corrected chi connectivity index (χ4v) is 5.49. The molecule has 0 spiro atoms. The van der Waals surface area contributed by atoms with E-state index in [1.807, 2.05) is 87.7 Å². The smallest absolute Gasteiger partial charge is 0.511 e. The van der Waals surface area contributed by atoms with Crippen molar-refractivity contribution in [2.24, 2.45) is 11.2 Å². The quantitative estimate of drug-likeness (QED) is 0.0256. The molecule has 0 aliphatic rings. The monoisotopic (exact) mass is 757 g/mol. The molecular weight excluding hydrogens is 710 g/mol. The van der Waals surface area contributed by atoms with Crippen LogP contribution in [0.25, 0.3) is 33.5 Å². The maximum atomic E-state index is 13.5. The summed E-state index contributed by atoms with van der Waals surface area (Å²) < 4.78 is 23.6. The van der Waals surface area contributed by atoms with E-state index in [1.54, 1.807) is 25.2 Å². The first-order valence-electron chi connectivity index (χ1n) is 18.0. The highest BCUT2D eigenvalue weighted by molar-refractivity contribution is 6.02. The molecule has 2 aromatic heterocycles. The molecule has 0 fully saturated rings. The summed E-state index contributed by atoms with van der Waals surface area (Å²) in [5.41, 5.74) is 4.54. The number of esters is 1. The van der Waals surface area contributed by atoms with E-state index in [4.69, 9.17) is 23.8 Å². The van der Waals surface area contributed by atoms with Crippen LogP contribution in [-0.4, -0.2) is 91.0 Å². The van der Waals surface area contributed by atoms with Gasteiger partial charge in [0.1, 0.15) is 6.61 Å². The lowest BCUT2D eigenvalue weighted by Crippen LogP contribution is -2.42. The first-order chi connectivity index (χ1) is 26.3. The number of carbonyl (C=O) groups excluding carboxylic acids is 2. The molecule has 5 aromatic rings. The van der Waals surface area contributed by atoms with Gasteiger partial charge in [-0.15, -0.1) is 15.2 Å². The van der Waals surface area contributed by atoms with E-state index < -0.39 is 24.0 Å². The second-order valence-electron chi connectivity index (χ2n) is 13.8. The van der Waals surface area contributed by atoms with Gasteiger partial charge in [-0.1, -0.05) is 61.5 Å². The highest BCUT2D eigenvalue weighted by Crippen LogP contribution is 2.31. The lowest BCUT2D eigenvalue weighted by molar-refractivity contribution is -0.719. The van der Waals surface area contributed by atoms with E-state index >= 15 is 0 Å². The van der Waals surface area contributed by atoms with Crippen LogP contribution in [0.4, 0.5) is 4.79 Å². The van der Waals surface area contributed by atoms with Gasteiger partial charge < -0.3 is 29.0 Å². The van der Waals surface area contributed by atoms with Crippen molar-refractivity contribution >= 4 is 23.2 Å². The molecule has 5 rings (SSSR count). The molecule has 292 valence electrons. The van der Waals surface area contributed by atoms with E-state index in [0.29, 0.717) is 53.8 Å². The van der Waals surface area contributed by atoms with Crippen molar-refractivity contribution in [3.05, 3.63) is 83.1 Å². The second kappa shape index (κ2) is 18.2. The minimum atomic E-state index is -1.24. The number of imidazole rings is 1. The second-order valence-corrected chi connectivity index (χ2v) is 13.8. The van der Waals surface area contributed by atoms with E-state index in [-0.39, 0.29) is 24.7 Å². The van der Waals surface area contributed by atoms with Gasteiger partial charge in [-0.25, -0.2) is 9.59 Å². The van der Waals surface area contributed by atoms with E-state index in [0.717, 1.165) is 22.3 Å². The Hall–Kier alpha value is -6.26. The molecule has 55 heavy (non-hydrogen) atoms. The predicted octanol–water partition coefficient (Wildman–Crippen LogP) is 6.94. The van der Waals surface area contributed by atoms with Crippen molar-refractivity contribution < 1.29 is 38.3 Å². The normalized spacial score (nSPS) is 12.9. The summed E-state index contributed by atoms with van der Waals surface area (Å²) in [5, 5.41) is 31.5. The molecule has 0 amide bonds. The van der Waals surface area contributed by atoms with Gasteiger partial charge in [0.15, 0.2) is 0 Å². The topological polar surface area (TPSA) is 194 Å². The third kappa shape index (κ3) is 10.5. The molecular formula is C38H47N9O8. The number of rotatable bonds is 17. The first kappa shape index (κ1) is 39.9. The van der Waals surface area contributed by atoms with Crippen LogP contribution >= 0.6 is 0 Å². The predicted molar refractivity (Wildman–Crippen MR) is 200 cm³/mol. The number of aromatic amines is 1. The molecule has 2 heterocycles. The summed E-state index contributed by atoms with van der Waals surface area (Å²) >= 11 is 0. The molecule has 1 N–H and O–H groups in total. The minimum absolute atomic E-state index is 0.0430. The summed E-state index contributed by atoms with van der Waals surface area (Å²) in [4.78, 5) is 36.1. The molecule has 2 unspecified atom stereocenters. The fraction of sp³-hybridized carbons (Fsp3) is 0.421. The Labute approximate surface area is 318 Å². The maximum Gasteiger partial charge on any atom is 0.511 e. The van der Waals surface area contributed by atoms with E-state index in [2.05, 4.69) is 30.9 Å². The summed E-state index contributed by atoms with van der Waals surface area (Å²) in [6.07, 6.45) is -1.06. The SMILES string of the molecule is CCOc1nc2cccc(C(=O)OC(C)OC(=O)OCCCC(C)CO/N=[N+](\[O-])N(C)C(C)(C)C)c2n1Cc1ccc(-c2ccccc2-c2nn[nH]n2)cc1. The van der Waals surface area contributed by atoms with Gasteiger partial charge in [-0.2, -0.15) is 10.2 Å². The summed E-state index contributed by atoms with van der Waals surface area (Å²) in [7, 11) is 1.63. The number of tetrazole rings is 1. The Morgan fingerprint density at radius 2 is 1.76 bits per heavy atom. The Bertz CT molecular complexity index is 2060. The zero-order valence-electron chi connectivity index (χ0n) is 32.1. The average Bonchev–Trinajstić information content (AvgIpc) is 3.82. The van der Waals surface area contributed by atoms with Gasteiger partial charge in [-0.3, -0.25) is 4.57 Å². The number of fused-ring (bicyclic) bond motifs is 1. The average molecular weight is 758 g/mol. The highest BCUT2D eigenvalue weighted by Gasteiger charge is 2.25. The number of H-pyrrole nitrogens is 1. The van der Waals surface area contributed by atoms with Crippen molar-refractivity contribution in [3.63, 3.8) is 0 Å². The zero-order valence-corrected chi connectivity index (χ0v) is 32.1. The molecule has 0 radical (unpaired) electrons. The van der Waals surface area contributed by atoms with Gasteiger partial charge in [0.25, 0.3) is 6.01 Å². The number of carbonyl (C=O) groups is 2. The Morgan fingerprint density at radius 3 is 2.45 bits per heavy atom. The molecule has 2 atom stereocenters. The van der Waals surface area contributed by atoms with Crippen LogP contribution in [0, 0.1) is 11.1 Å². The molecule has 3 aromatic carbocycles. The third-order valence-electron chi connectivity index (χ3n) is 8.65. The van der Waals surface area contributed by atoms with Crippen molar-refractivity contribution in [3.8, 4) is 28.5 Å². The lowest BCUT2D eigenvalue weighted by Gasteiger charge is -2.26.